The minimum absolute atomic E-state index is 0.0369. The van der Waals surface area contributed by atoms with E-state index >= 15 is 0 Å². The van der Waals surface area contributed by atoms with Crippen LogP contribution in [-0.4, -0.2) is 18.6 Å². The van der Waals surface area contributed by atoms with Crippen LogP contribution in [0.1, 0.15) is 30.4 Å². The molecule has 90 valence electrons. The number of thiophene rings is 1. The predicted molar refractivity (Wildman–Crippen MR) is 70.8 cm³/mol. The van der Waals surface area contributed by atoms with Gasteiger partial charge in [0.05, 0.1) is 17.7 Å². The lowest BCUT2D eigenvalue weighted by molar-refractivity contribution is 0.0944. The maximum atomic E-state index is 11.9. The van der Waals surface area contributed by atoms with Crippen LogP contribution in [-0.2, 0) is 0 Å². The maximum Gasteiger partial charge on any atom is 0.177 e. The molecular weight excluding hydrogens is 242 g/mol. The Bertz CT molecular complexity index is 386. The summed E-state index contributed by atoms with van der Waals surface area (Å²) in [6, 6.07) is 0. The lowest BCUT2D eigenvalue weighted by Gasteiger charge is -2.03. The zero-order chi connectivity index (χ0) is 12.3. The average molecular weight is 259 g/mol. The number of anilines is 1. The van der Waals surface area contributed by atoms with Crippen molar-refractivity contribution in [3.63, 3.8) is 0 Å². The molecule has 0 amide bonds. The highest BCUT2D eigenvalue weighted by molar-refractivity contribution is 8.01. The molecule has 0 radical (unpaired) electrons. The Morgan fingerprint density at radius 1 is 1.56 bits per heavy atom. The van der Waals surface area contributed by atoms with E-state index in [2.05, 4.69) is 6.92 Å². The molecule has 1 rings (SSSR count). The van der Waals surface area contributed by atoms with Crippen molar-refractivity contribution in [2.24, 2.45) is 5.92 Å². The van der Waals surface area contributed by atoms with E-state index in [1.54, 1.807) is 18.9 Å². The van der Waals surface area contributed by atoms with Crippen molar-refractivity contribution in [3.8, 4) is 5.75 Å². The van der Waals surface area contributed by atoms with Crippen LogP contribution < -0.4 is 10.5 Å². The van der Waals surface area contributed by atoms with Crippen LogP contribution >= 0.6 is 23.1 Å². The molecule has 1 aromatic heterocycles. The van der Waals surface area contributed by atoms with Crippen LogP contribution in [0.5, 0.6) is 5.75 Å². The van der Waals surface area contributed by atoms with Crippen molar-refractivity contribution in [2.75, 3.05) is 18.6 Å². The van der Waals surface area contributed by atoms with Gasteiger partial charge < -0.3 is 10.5 Å². The topological polar surface area (TPSA) is 52.3 Å². The van der Waals surface area contributed by atoms with Crippen molar-refractivity contribution >= 4 is 34.6 Å². The molecule has 16 heavy (non-hydrogen) atoms. The molecule has 0 aromatic carbocycles. The van der Waals surface area contributed by atoms with Crippen LogP contribution in [0, 0.1) is 5.92 Å². The van der Waals surface area contributed by atoms with E-state index in [4.69, 9.17) is 10.5 Å². The molecule has 0 aliphatic rings. The van der Waals surface area contributed by atoms with E-state index in [0.29, 0.717) is 16.3 Å². The fraction of sp³-hybridized carbons (Fsp3) is 0.545. The minimum atomic E-state index is -0.0369. The summed E-state index contributed by atoms with van der Waals surface area (Å²) in [4.78, 5) is 12.5. The Labute approximate surface area is 104 Å². The van der Waals surface area contributed by atoms with E-state index in [1.807, 2.05) is 13.8 Å². The zero-order valence-corrected chi connectivity index (χ0v) is 11.6. The first-order valence-corrected chi connectivity index (χ1v) is 6.96. The molecule has 0 aliphatic carbocycles. The second-order valence-electron chi connectivity index (χ2n) is 3.62. The first kappa shape index (κ1) is 13.4. The number of nitrogens with two attached hydrogens (primary N) is 1. The summed E-state index contributed by atoms with van der Waals surface area (Å²) in [5.41, 5.74) is 6.42. The number of carbonyl (C=O) groups is 1. The molecule has 0 saturated heterocycles. The number of rotatable bonds is 5. The largest absolute Gasteiger partial charge is 0.492 e. The van der Waals surface area contributed by atoms with Gasteiger partial charge in [-0.2, -0.15) is 0 Å². The number of carbonyl (C=O) groups excluding carboxylic acids is 1. The third-order valence-corrected chi connectivity index (χ3v) is 4.43. The van der Waals surface area contributed by atoms with E-state index in [-0.39, 0.29) is 11.7 Å². The van der Waals surface area contributed by atoms with Gasteiger partial charge in [0.15, 0.2) is 11.5 Å². The van der Waals surface area contributed by atoms with Crippen LogP contribution in [0.25, 0.3) is 0 Å². The molecule has 2 N–H and O–H groups in total. The van der Waals surface area contributed by atoms with Crippen molar-refractivity contribution < 1.29 is 9.53 Å². The Hall–Kier alpha value is -0.680. The highest BCUT2D eigenvalue weighted by atomic mass is 32.2. The lowest BCUT2D eigenvalue weighted by Crippen LogP contribution is -2.07. The first-order chi connectivity index (χ1) is 7.52. The van der Waals surface area contributed by atoms with Gasteiger partial charge in [-0.3, -0.25) is 4.79 Å². The average Bonchev–Trinajstić information content (AvgIpc) is 2.54. The molecule has 0 atom stereocenters. The third kappa shape index (κ3) is 2.52. The van der Waals surface area contributed by atoms with Crippen LogP contribution in [0.3, 0.4) is 0 Å². The molecule has 0 unspecified atom stereocenters. The Morgan fingerprint density at radius 3 is 2.62 bits per heavy atom. The Balaban J connectivity index is 3.16. The van der Waals surface area contributed by atoms with Gasteiger partial charge in [0.2, 0.25) is 0 Å². The quantitative estimate of drug-likeness (QED) is 0.651. The molecule has 1 heterocycles. The number of hydrogen-bond acceptors (Lipinski definition) is 5. The van der Waals surface area contributed by atoms with Crippen molar-refractivity contribution in [3.05, 3.63) is 4.88 Å². The zero-order valence-electron chi connectivity index (χ0n) is 9.99. The highest BCUT2D eigenvalue weighted by Crippen LogP contribution is 2.44. The van der Waals surface area contributed by atoms with Crippen LogP contribution in [0.4, 0.5) is 5.69 Å². The van der Waals surface area contributed by atoms with E-state index in [1.165, 1.54) is 11.3 Å². The summed E-state index contributed by atoms with van der Waals surface area (Å²) < 4.78 is 6.24. The van der Waals surface area contributed by atoms with Crippen molar-refractivity contribution in [1.29, 1.82) is 0 Å². The standard InChI is InChI=1S/C11H17NO2S2/c1-5-15-11-9(14-4)7(12)10(16-11)8(13)6(2)3/h6H,5,12H2,1-4H3. The fourth-order valence-corrected chi connectivity index (χ4v) is 3.71. The number of methoxy groups -OCH3 is 1. The lowest BCUT2D eigenvalue weighted by atomic mass is 10.1. The summed E-state index contributed by atoms with van der Waals surface area (Å²) in [5.74, 6) is 1.64. The van der Waals surface area contributed by atoms with Gasteiger partial charge in [-0.1, -0.05) is 20.8 Å². The number of Topliss-reactive ketones (excluding diaryl/α,β-unsaturated/α-hetero) is 1. The number of nitrogen functional groups attached to an aromatic ring is 1. The second-order valence-corrected chi connectivity index (χ2v) is 6.17. The fourth-order valence-electron chi connectivity index (χ4n) is 1.27. The van der Waals surface area contributed by atoms with Gasteiger partial charge in [0.25, 0.3) is 0 Å². The van der Waals surface area contributed by atoms with Crippen LogP contribution in [0.15, 0.2) is 4.21 Å². The molecule has 0 bridgehead atoms. The summed E-state index contributed by atoms with van der Waals surface area (Å²) in [6.07, 6.45) is 0. The molecular formula is C11H17NO2S2. The van der Waals surface area contributed by atoms with Gasteiger partial charge in [-0.05, 0) is 5.75 Å². The molecule has 1 aromatic rings. The number of ether oxygens (including phenoxy) is 1. The van der Waals surface area contributed by atoms with Gasteiger partial charge >= 0.3 is 0 Å². The molecule has 5 heteroatoms. The normalized spacial score (nSPS) is 10.8. The van der Waals surface area contributed by atoms with E-state index in [9.17, 15) is 4.79 Å². The van der Waals surface area contributed by atoms with Crippen LogP contribution in [0.2, 0.25) is 0 Å². The molecule has 0 spiro atoms. The monoisotopic (exact) mass is 259 g/mol. The Morgan fingerprint density at radius 2 is 2.19 bits per heavy atom. The summed E-state index contributed by atoms with van der Waals surface area (Å²) >= 11 is 3.09. The second kappa shape index (κ2) is 5.59. The predicted octanol–water partition coefficient (Wildman–Crippen LogP) is 3.29. The van der Waals surface area contributed by atoms with Crippen molar-refractivity contribution in [1.82, 2.24) is 0 Å². The number of ketones is 1. The van der Waals surface area contributed by atoms with Gasteiger partial charge in [0.1, 0.15) is 4.21 Å². The number of thioether (sulfide) groups is 1. The number of hydrogen-bond donors (Lipinski definition) is 1. The van der Waals surface area contributed by atoms with Gasteiger partial charge in [-0.25, -0.2) is 0 Å². The van der Waals surface area contributed by atoms with E-state index < -0.39 is 0 Å². The first-order valence-electron chi connectivity index (χ1n) is 5.16. The Kier molecular flexibility index (Phi) is 4.68. The van der Waals surface area contributed by atoms with Crippen molar-refractivity contribution in [2.45, 2.75) is 25.0 Å². The maximum absolute atomic E-state index is 11.9. The third-order valence-electron chi connectivity index (χ3n) is 2.10. The minimum Gasteiger partial charge on any atom is -0.492 e. The van der Waals surface area contributed by atoms with Gasteiger partial charge in [0, 0.05) is 5.92 Å². The molecule has 0 aliphatic heterocycles. The molecule has 0 fully saturated rings. The summed E-state index contributed by atoms with van der Waals surface area (Å²) in [6.45, 7) is 5.81. The molecule has 3 nitrogen and oxygen atoms in total. The summed E-state index contributed by atoms with van der Waals surface area (Å²) in [5, 5.41) is 0. The summed E-state index contributed by atoms with van der Waals surface area (Å²) in [7, 11) is 1.59. The van der Waals surface area contributed by atoms with Gasteiger partial charge in [-0.15, -0.1) is 23.1 Å². The SMILES string of the molecule is CCSc1sc(C(=O)C(C)C)c(N)c1OC. The van der Waals surface area contributed by atoms with E-state index in [0.717, 1.165) is 9.96 Å². The molecule has 0 saturated carbocycles. The highest BCUT2D eigenvalue weighted by Gasteiger charge is 2.23. The smallest absolute Gasteiger partial charge is 0.177 e.